The van der Waals surface area contributed by atoms with E-state index in [0.29, 0.717) is 5.92 Å². The third-order valence-electron chi connectivity index (χ3n) is 3.91. The lowest BCUT2D eigenvalue weighted by molar-refractivity contribution is 0.163. The third-order valence-corrected chi connectivity index (χ3v) is 5.43. The van der Waals surface area contributed by atoms with E-state index in [2.05, 4.69) is 25.5 Å². The molecule has 0 spiro atoms. The van der Waals surface area contributed by atoms with Crippen LogP contribution in [-0.2, 0) is 10.0 Å². The Balaban J connectivity index is 2.19. The monoisotopic (exact) mass is 317 g/mol. The van der Waals surface area contributed by atoms with E-state index in [1.54, 1.807) is 0 Å². The molecule has 2 atom stereocenters. The molecule has 3 nitrogen and oxygen atoms in total. The van der Waals surface area contributed by atoms with Gasteiger partial charge in [-0.05, 0) is 48.8 Å². The Labute approximate surface area is 124 Å². The van der Waals surface area contributed by atoms with Gasteiger partial charge < -0.3 is 0 Å². The lowest BCUT2D eigenvalue weighted by atomic mass is 9.71. The minimum atomic E-state index is -3.83. The van der Waals surface area contributed by atoms with Gasteiger partial charge in [-0.15, -0.1) is 0 Å². The summed E-state index contributed by atoms with van der Waals surface area (Å²) in [6, 6.07) is 2.45. The summed E-state index contributed by atoms with van der Waals surface area (Å²) in [4.78, 5) is -0.238. The van der Waals surface area contributed by atoms with Gasteiger partial charge in [0.2, 0.25) is 10.0 Å². The second kappa shape index (κ2) is 5.65. The zero-order valence-corrected chi connectivity index (χ0v) is 13.3. The van der Waals surface area contributed by atoms with Crippen LogP contribution in [0, 0.1) is 23.0 Å². The molecule has 0 radical (unpaired) electrons. The average molecular weight is 317 g/mol. The van der Waals surface area contributed by atoms with Crippen LogP contribution in [0.3, 0.4) is 0 Å². The first kappa shape index (κ1) is 16.4. The number of hydrogen-bond acceptors (Lipinski definition) is 2. The van der Waals surface area contributed by atoms with Gasteiger partial charge in [0.25, 0.3) is 0 Å². The van der Waals surface area contributed by atoms with Crippen molar-refractivity contribution in [3.8, 4) is 0 Å². The first-order valence-electron chi connectivity index (χ1n) is 7.06. The largest absolute Gasteiger partial charge is 0.240 e. The Morgan fingerprint density at radius 2 is 1.86 bits per heavy atom. The summed E-state index contributed by atoms with van der Waals surface area (Å²) >= 11 is 0. The SMILES string of the molecule is CC1CC(NS(=O)(=O)c2ccc(F)c(F)c2)CC(C)(C)C1. The van der Waals surface area contributed by atoms with E-state index in [-0.39, 0.29) is 16.4 Å². The first-order valence-corrected chi connectivity index (χ1v) is 8.55. The highest BCUT2D eigenvalue weighted by molar-refractivity contribution is 7.89. The zero-order chi connectivity index (χ0) is 15.8. The average Bonchev–Trinajstić information content (AvgIpc) is 2.28. The Bertz CT molecular complexity index is 629. The highest BCUT2D eigenvalue weighted by atomic mass is 32.2. The molecule has 2 unspecified atom stereocenters. The lowest BCUT2D eigenvalue weighted by Crippen LogP contribution is -2.42. The van der Waals surface area contributed by atoms with Crippen molar-refractivity contribution in [3.05, 3.63) is 29.8 Å². The predicted molar refractivity (Wildman–Crippen MR) is 77.3 cm³/mol. The van der Waals surface area contributed by atoms with E-state index in [0.717, 1.165) is 37.5 Å². The standard InChI is InChI=1S/C15H21F2NO2S/c1-10-6-11(9-15(2,3)8-10)18-21(19,20)12-4-5-13(16)14(17)7-12/h4-5,7,10-11,18H,6,8-9H2,1-3H3. The molecule has 1 aromatic rings. The number of sulfonamides is 1. The van der Waals surface area contributed by atoms with Crippen molar-refractivity contribution in [1.29, 1.82) is 0 Å². The highest BCUT2D eigenvalue weighted by Gasteiger charge is 2.34. The fourth-order valence-electron chi connectivity index (χ4n) is 3.37. The lowest BCUT2D eigenvalue weighted by Gasteiger charge is -2.39. The molecule has 0 heterocycles. The molecular formula is C15H21F2NO2S. The molecular weight excluding hydrogens is 296 g/mol. The summed E-state index contributed by atoms with van der Waals surface area (Å²) in [5.41, 5.74) is 0.0684. The van der Waals surface area contributed by atoms with Crippen LogP contribution in [0.25, 0.3) is 0 Å². The van der Waals surface area contributed by atoms with Crippen LogP contribution in [0.15, 0.2) is 23.1 Å². The van der Waals surface area contributed by atoms with E-state index in [1.807, 2.05) is 0 Å². The molecule has 6 heteroatoms. The van der Waals surface area contributed by atoms with Crippen LogP contribution in [-0.4, -0.2) is 14.5 Å². The topological polar surface area (TPSA) is 46.2 Å². The van der Waals surface area contributed by atoms with Gasteiger partial charge in [0, 0.05) is 6.04 Å². The van der Waals surface area contributed by atoms with Crippen molar-refractivity contribution in [2.24, 2.45) is 11.3 Å². The van der Waals surface area contributed by atoms with Gasteiger partial charge in [-0.2, -0.15) is 0 Å². The second-order valence-electron chi connectivity index (χ2n) is 6.81. The van der Waals surface area contributed by atoms with Crippen LogP contribution >= 0.6 is 0 Å². The Morgan fingerprint density at radius 1 is 1.19 bits per heavy atom. The summed E-state index contributed by atoms with van der Waals surface area (Å²) < 4.78 is 53.3. The normalized spacial score (nSPS) is 25.8. The molecule has 118 valence electrons. The fraction of sp³-hybridized carbons (Fsp3) is 0.600. The number of benzene rings is 1. The molecule has 1 aliphatic carbocycles. The Morgan fingerprint density at radius 3 is 2.43 bits per heavy atom. The maximum atomic E-state index is 13.2. The van der Waals surface area contributed by atoms with Crippen molar-refractivity contribution < 1.29 is 17.2 Å². The van der Waals surface area contributed by atoms with Gasteiger partial charge in [0.15, 0.2) is 11.6 Å². The molecule has 1 aliphatic rings. The van der Waals surface area contributed by atoms with E-state index in [9.17, 15) is 17.2 Å². The molecule has 0 bridgehead atoms. The van der Waals surface area contributed by atoms with Gasteiger partial charge in [-0.3, -0.25) is 0 Å². The molecule has 21 heavy (non-hydrogen) atoms. The third kappa shape index (κ3) is 4.01. The van der Waals surface area contributed by atoms with Gasteiger partial charge >= 0.3 is 0 Å². The van der Waals surface area contributed by atoms with Crippen molar-refractivity contribution in [3.63, 3.8) is 0 Å². The van der Waals surface area contributed by atoms with Crippen LogP contribution in [0.1, 0.15) is 40.0 Å². The zero-order valence-electron chi connectivity index (χ0n) is 12.5. The number of hydrogen-bond donors (Lipinski definition) is 1. The second-order valence-corrected chi connectivity index (χ2v) is 8.52. The molecule has 0 aliphatic heterocycles. The fourth-order valence-corrected chi connectivity index (χ4v) is 4.63. The van der Waals surface area contributed by atoms with E-state index >= 15 is 0 Å². The molecule has 0 saturated heterocycles. The number of rotatable bonds is 3. The molecule has 2 rings (SSSR count). The van der Waals surface area contributed by atoms with Crippen LogP contribution in [0.4, 0.5) is 8.78 Å². The molecule has 0 aromatic heterocycles. The van der Waals surface area contributed by atoms with Gasteiger partial charge in [-0.1, -0.05) is 20.8 Å². The summed E-state index contributed by atoms with van der Waals surface area (Å²) in [5.74, 6) is -1.79. The minimum absolute atomic E-state index is 0.0684. The number of halogens is 2. The van der Waals surface area contributed by atoms with Crippen LogP contribution < -0.4 is 4.72 Å². The summed E-state index contributed by atoms with van der Waals surface area (Å²) in [6.07, 6.45) is 2.54. The number of nitrogens with one attached hydrogen (secondary N) is 1. The minimum Gasteiger partial charge on any atom is -0.208 e. The van der Waals surface area contributed by atoms with E-state index in [1.165, 1.54) is 0 Å². The van der Waals surface area contributed by atoms with Crippen molar-refractivity contribution >= 4 is 10.0 Å². The first-order chi connectivity index (χ1) is 9.59. The summed E-state index contributed by atoms with van der Waals surface area (Å²) in [7, 11) is -3.83. The molecule has 1 aromatic carbocycles. The quantitative estimate of drug-likeness (QED) is 0.928. The summed E-state index contributed by atoms with van der Waals surface area (Å²) in [5, 5.41) is 0. The molecule has 1 fully saturated rings. The van der Waals surface area contributed by atoms with Crippen molar-refractivity contribution in [1.82, 2.24) is 4.72 Å². The van der Waals surface area contributed by atoms with E-state index in [4.69, 9.17) is 0 Å². The predicted octanol–water partition coefficient (Wildman–Crippen LogP) is 3.46. The van der Waals surface area contributed by atoms with Crippen molar-refractivity contribution in [2.75, 3.05) is 0 Å². The molecule has 0 amide bonds. The van der Waals surface area contributed by atoms with E-state index < -0.39 is 21.7 Å². The Kier molecular flexibility index (Phi) is 4.40. The maximum absolute atomic E-state index is 13.2. The molecule has 1 N–H and O–H groups in total. The van der Waals surface area contributed by atoms with Crippen LogP contribution in [0.2, 0.25) is 0 Å². The van der Waals surface area contributed by atoms with Gasteiger partial charge in [0.05, 0.1) is 4.90 Å². The Hall–Kier alpha value is -1.01. The van der Waals surface area contributed by atoms with Gasteiger partial charge in [-0.25, -0.2) is 21.9 Å². The molecule has 1 saturated carbocycles. The maximum Gasteiger partial charge on any atom is 0.240 e. The highest BCUT2D eigenvalue weighted by Crippen LogP contribution is 2.38. The van der Waals surface area contributed by atoms with Crippen LogP contribution in [0.5, 0.6) is 0 Å². The van der Waals surface area contributed by atoms with Gasteiger partial charge in [0.1, 0.15) is 0 Å². The van der Waals surface area contributed by atoms with Crippen molar-refractivity contribution in [2.45, 2.75) is 51.0 Å². The summed E-state index contributed by atoms with van der Waals surface area (Å²) in [6.45, 7) is 6.32. The smallest absolute Gasteiger partial charge is 0.208 e.